The first kappa shape index (κ1) is 18.0. The number of hydrogen-bond donors (Lipinski definition) is 0. The molecule has 1 aliphatic rings. The van der Waals surface area contributed by atoms with E-state index in [-0.39, 0.29) is 11.8 Å². The zero-order valence-electron chi connectivity index (χ0n) is 16.1. The third kappa shape index (κ3) is 3.31. The molecule has 1 aromatic heterocycles. The van der Waals surface area contributed by atoms with Crippen molar-refractivity contribution >= 4 is 5.91 Å². The highest BCUT2D eigenvalue weighted by Gasteiger charge is 2.27. The number of benzene rings is 2. The van der Waals surface area contributed by atoms with Crippen molar-refractivity contribution in [2.45, 2.75) is 19.9 Å². The van der Waals surface area contributed by atoms with Gasteiger partial charge in [0.25, 0.3) is 0 Å². The molecule has 3 aromatic rings. The summed E-state index contributed by atoms with van der Waals surface area (Å²) in [4.78, 5) is 14.6. The average molecular weight is 379 g/mol. The van der Waals surface area contributed by atoms with Crippen LogP contribution in [-0.4, -0.2) is 41.8 Å². The standard InChI is InChI=1S/C21H21N3O4/c1-13-4-6-14(7-5-13)19-22-23-20(28-19)21(25)24-9-8-15-10-17(26-2)18(27-3)11-16(15)12-24/h4-7,10-11H,8-9,12H2,1-3H3. The number of rotatable bonds is 4. The Balaban J connectivity index is 1.54. The molecule has 144 valence electrons. The Bertz CT molecular complexity index is 1010. The zero-order chi connectivity index (χ0) is 19.7. The van der Waals surface area contributed by atoms with Gasteiger partial charge in [-0.05, 0) is 48.7 Å². The van der Waals surface area contributed by atoms with Crippen LogP contribution in [0.2, 0.25) is 0 Å². The van der Waals surface area contributed by atoms with Crippen molar-refractivity contribution in [2.24, 2.45) is 0 Å². The van der Waals surface area contributed by atoms with Crippen LogP contribution in [0.3, 0.4) is 0 Å². The number of fused-ring (bicyclic) bond motifs is 1. The summed E-state index contributed by atoms with van der Waals surface area (Å²) in [5.74, 6) is 1.41. The highest BCUT2D eigenvalue weighted by molar-refractivity contribution is 5.90. The zero-order valence-corrected chi connectivity index (χ0v) is 16.1. The second-order valence-electron chi connectivity index (χ2n) is 6.73. The molecule has 28 heavy (non-hydrogen) atoms. The monoisotopic (exact) mass is 379 g/mol. The van der Waals surface area contributed by atoms with Crippen LogP contribution in [-0.2, 0) is 13.0 Å². The largest absolute Gasteiger partial charge is 0.493 e. The Kier molecular flexibility index (Phi) is 4.73. The Hall–Kier alpha value is -3.35. The van der Waals surface area contributed by atoms with Gasteiger partial charge in [-0.3, -0.25) is 4.79 Å². The summed E-state index contributed by atoms with van der Waals surface area (Å²) in [5, 5.41) is 7.98. The molecule has 0 spiro atoms. The van der Waals surface area contributed by atoms with Crippen molar-refractivity contribution in [3.63, 3.8) is 0 Å². The molecule has 0 saturated heterocycles. The maximum atomic E-state index is 12.9. The number of nitrogens with zero attached hydrogens (tertiary/aromatic N) is 3. The molecule has 0 N–H and O–H groups in total. The topological polar surface area (TPSA) is 77.7 Å². The molecular formula is C21H21N3O4. The molecule has 1 amide bonds. The van der Waals surface area contributed by atoms with Gasteiger partial charge in [-0.15, -0.1) is 10.2 Å². The SMILES string of the molecule is COc1cc2c(cc1OC)CN(C(=O)c1nnc(-c3ccc(C)cc3)o1)CC2. The highest BCUT2D eigenvalue weighted by atomic mass is 16.5. The van der Waals surface area contributed by atoms with Gasteiger partial charge in [0.15, 0.2) is 11.5 Å². The van der Waals surface area contributed by atoms with Gasteiger partial charge in [-0.2, -0.15) is 0 Å². The van der Waals surface area contributed by atoms with Gasteiger partial charge >= 0.3 is 11.8 Å². The van der Waals surface area contributed by atoms with Crippen LogP contribution in [0.25, 0.3) is 11.5 Å². The molecule has 4 rings (SSSR count). The van der Waals surface area contributed by atoms with Crippen molar-refractivity contribution in [1.29, 1.82) is 0 Å². The van der Waals surface area contributed by atoms with E-state index in [0.717, 1.165) is 28.7 Å². The number of hydrogen-bond acceptors (Lipinski definition) is 6. The third-order valence-corrected chi connectivity index (χ3v) is 4.91. The van der Waals surface area contributed by atoms with E-state index in [4.69, 9.17) is 13.9 Å². The number of methoxy groups -OCH3 is 2. The van der Waals surface area contributed by atoms with E-state index in [9.17, 15) is 4.79 Å². The number of ether oxygens (including phenoxy) is 2. The summed E-state index contributed by atoms with van der Waals surface area (Å²) in [6.07, 6.45) is 0.723. The van der Waals surface area contributed by atoms with Crippen LogP contribution in [0.1, 0.15) is 27.4 Å². The van der Waals surface area contributed by atoms with Gasteiger partial charge in [-0.1, -0.05) is 17.7 Å². The fourth-order valence-corrected chi connectivity index (χ4v) is 3.31. The van der Waals surface area contributed by atoms with Crippen LogP contribution in [0.15, 0.2) is 40.8 Å². The maximum Gasteiger partial charge on any atom is 0.311 e. The molecule has 7 nitrogen and oxygen atoms in total. The molecule has 0 fully saturated rings. The quantitative estimate of drug-likeness (QED) is 0.692. The Morgan fingerprint density at radius 2 is 1.71 bits per heavy atom. The molecule has 1 aliphatic heterocycles. The molecule has 0 atom stereocenters. The number of aromatic nitrogens is 2. The summed E-state index contributed by atoms with van der Waals surface area (Å²) in [7, 11) is 3.21. The summed E-state index contributed by atoms with van der Waals surface area (Å²) < 4.78 is 16.4. The van der Waals surface area contributed by atoms with Crippen molar-refractivity contribution in [3.8, 4) is 23.0 Å². The Morgan fingerprint density at radius 1 is 1.04 bits per heavy atom. The minimum atomic E-state index is -0.272. The van der Waals surface area contributed by atoms with Crippen molar-refractivity contribution in [3.05, 3.63) is 59.0 Å². The lowest BCUT2D eigenvalue weighted by Crippen LogP contribution is -2.36. The second kappa shape index (κ2) is 7.34. The Morgan fingerprint density at radius 3 is 2.39 bits per heavy atom. The fourth-order valence-electron chi connectivity index (χ4n) is 3.31. The van der Waals surface area contributed by atoms with E-state index >= 15 is 0 Å². The molecule has 0 aliphatic carbocycles. The number of carbonyl (C=O) groups excluding carboxylic acids is 1. The van der Waals surface area contributed by atoms with Gasteiger partial charge in [0.1, 0.15) is 0 Å². The molecule has 2 heterocycles. The molecule has 0 unspecified atom stereocenters. The van der Waals surface area contributed by atoms with E-state index in [1.807, 2.05) is 43.3 Å². The maximum absolute atomic E-state index is 12.9. The molecule has 0 saturated carbocycles. The first-order chi connectivity index (χ1) is 13.6. The summed E-state index contributed by atoms with van der Waals surface area (Å²) >= 11 is 0. The van der Waals surface area contributed by atoms with Crippen LogP contribution in [0, 0.1) is 6.92 Å². The van der Waals surface area contributed by atoms with Gasteiger partial charge < -0.3 is 18.8 Å². The first-order valence-electron chi connectivity index (χ1n) is 9.02. The minimum Gasteiger partial charge on any atom is -0.493 e. The lowest BCUT2D eigenvalue weighted by Gasteiger charge is -2.28. The minimum absolute atomic E-state index is 0.000461. The van der Waals surface area contributed by atoms with Crippen LogP contribution in [0.5, 0.6) is 11.5 Å². The molecule has 2 aromatic carbocycles. The van der Waals surface area contributed by atoms with Crippen LogP contribution >= 0.6 is 0 Å². The number of amides is 1. The van der Waals surface area contributed by atoms with E-state index in [2.05, 4.69) is 10.2 Å². The smallest absolute Gasteiger partial charge is 0.311 e. The third-order valence-electron chi connectivity index (χ3n) is 4.91. The first-order valence-corrected chi connectivity index (χ1v) is 9.02. The normalized spacial score (nSPS) is 13.2. The summed E-state index contributed by atoms with van der Waals surface area (Å²) in [6, 6.07) is 11.6. The Labute approximate surface area is 162 Å². The molecular weight excluding hydrogens is 358 g/mol. The lowest BCUT2D eigenvalue weighted by atomic mass is 9.98. The summed E-state index contributed by atoms with van der Waals surface area (Å²) in [6.45, 7) is 3.03. The molecule has 7 heteroatoms. The van der Waals surface area contributed by atoms with E-state index in [1.54, 1.807) is 19.1 Å². The second-order valence-corrected chi connectivity index (χ2v) is 6.73. The van der Waals surface area contributed by atoms with Gasteiger partial charge in [0.2, 0.25) is 5.89 Å². The van der Waals surface area contributed by atoms with E-state index < -0.39 is 0 Å². The van der Waals surface area contributed by atoms with E-state index in [0.29, 0.717) is 30.5 Å². The van der Waals surface area contributed by atoms with Gasteiger partial charge in [0.05, 0.1) is 14.2 Å². The number of aryl methyl sites for hydroxylation is 1. The van der Waals surface area contributed by atoms with E-state index in [1.165, 1.54) is 0 Å². The van der Waals surface area contributed by atoms with Gasteiger partial charge in [0, 0.05) is 18.7 Å². The van der Waals surface area contributed by atoms with Crippen LogP contribution in [0.4, 0.5) is 0 Å². The predicted molar refractivity (Wildman–Crippen MR) is 102 cm³/mol. The fraction of sp³-hybridized carbons (Fsp3) is 0.286. The lowest BCUT2D eigenvalue weighted by molar-refractivity contribution is 0.0694. The summed E-state index contributed by atoms with van der Waals surface area (Å²) in [5.41, 5.74) is 4.10. The van der Waals surface area contributed by atoms with Crippen molar-refractivity contribution < 1.29 is 18.7 Å². The van der Waals surface area contributed by atoms with Crippen molar-refractivity contribution in [1.82, 2.24) is 15.1 Å². The predicted octanol–water partition coefficient (Wildman–Crippen LogP) is 3.26. The number of carbonyl (C=O) groups is 1. The molecule has 0 bridgehead atoms. The van der Waals surface area contributed by atoms with Crippen molar-refractivity contribution in [2.75, 3.05) is 20.8 Å². The molecule has 0 radical (unpaired) electrons. The van der Waals surface area contributed by atoms with Gasteiger partial charge in [-0.25, -0.2) is 0 Å². The average Bonchev–Trinajstić information content (AvgIpc) is 3.22. The highest BCUT2D eigenvalue weighted by Crippen LogP contribution is 2.33. The van der Waals surface area contributed by atoms with Crippen LogP contribution < -0.4 is 9.47 Å².